The van der Waals surface area contributed by atoms with Crippen LogP contribution >= 0.6 is 0 Å². The molecule has 0 spiro atoms. The van der Waals surface area contributed by atoms with Gasteiger partial charge in [-0.15, -0.1) is 0 Å². The molecule has 0 aromatic heterocycles. The summed E-state index contributed by atoms with van der Waals surface area (Å²) >= 11 is 0. The molecule has 3 amide bonds. The van der Waals surface area contributed by atoms with Crippen LogP contribution in [-0.2, 0) is 27.3 Å². The van der Waals surface area contributed by atoms with Crippen LogP contribution in [0.5, 0.6) is 0 Å². The molecule has 1 unspecified atom stereocenters. The zero-order valence-electron chi connectivity index (χ0n) is 15.7. The predicted octanol–water partition coefficient (Wildman–Crippen LogP) is 1.33. The van der Waals surface area contributed by atoms with Crippen LogP contribution in [0.25, 0.3) is 0 Å². The summed E-state index contributed by atoms with van der Waals surface area (Å²) in [4.78, 5) is 40.4. The van der Waals surface area contributed by atoms with Crippen molar-refractivity contribution in [1.29, 1.82) is 0 Å². The molecule has 140 valence electrons. The van der Waals surface area contributed by atoms with E-state index in [4.69, 9.17) is 0 Å². The van der Waals surface area contributed by atoms with Crippen LogP contribution in [0, 0.1) is 5.92 Å². The minimum Gasteiger partial charge on any atom is -0.350 e. The molecule has 0 bridgehead atoms. The lowest BCUT2D eigenvalue weighted by atomic mass is 9.91. The largest absolute Gasteiger partial charge is 0.350 e. The highest BCUT2D eigenvalue weighted by Gasteiger charge is 2.40. The molecule has 0 radical (unpaired) electrons. The van der Waals surface area contributed by atoms with Gasteiger partial charge in [0.05, 0.1) is 6.04 Å². The van der Waals surface area contributed by atoms with Crippen molar-refractivity contribution in [3.05, 3.63) is 35.4 Å². The predicted molar refractivity (Wildman–Crippen MR) is 98.1 cm³/mol. The first kappa shape index (κ1) is 18.4. The topological polar surface area (TPSA) is 69.7 Å². The molecule has 6 heteroatoms. The van der Waals surface area contributed by atoms with E-state index in [9.17, 15) is 14.4 Å². The standard InChI is InChI=1S/C20H27N3O3/c1-13(2)8-19(25)23-10-16-7-5-4-6-15(16)9-18(23)20(26)22-11-17(12-22)21-14(3)24/h4-7,13,17-18H,8-12H2,1-3H3,(H,21,24). The van der Waals surface area contributed by atoms with Gasteiger partial charge in [0.25, 0.3) is 0 Å². The van der Waals surface area contributed by atoms with Gasteiger partial charge in [-0.05, 0) is 17.0 Å². The molecule has 0 saturated carbocycles. The highest BCUT2D eigenvalue weighted by Crippen LogP contribution is 2.27. The summed E-state index contributed by atoms with van der Waals surface area (Å²) in [6, 6.07) is 7.58. The van der Waals surface area contributed by atoms with E-state index >= 15 is 0 Å². The molecule has 2 heterocycles. The number of benzene rings is 1. The summed E-state index contributed by atoms with van der Waals surface area (Å²) in [6.45, 7) is 7.03. The number of carbonyl (C=O) groups is 3. The van der Waals surface area contributed by atoms with E-state index in [0.717, 1.165) is 11.1 Å². The maximum atomic E-state index is 13.0. The number of hydrogen-bond donors (Lipinski definition) is 1. The summed E-state index contributed by atoms with van der Waals surface area (Å²) in [7, 11) is 0. The number of amides is 3. The summed E-state index contributed by atoms with van der Waals surface area (Å²) in [5.74, 6) is 0.191. The van der Waals surface area contributed by atoms with E-state index in [2.05, 4.69) is 5.32 Å². The van der Waals surface area contributed by atoms with E-state index < -0.39 is 6.04 Å². The fourth-order valence-electron chi connectivity index (χ4n) is 3.72. The quantitative estimate of drug-likeness (QED) is 0.884. The van der Waals surface area contributed by atoms with Gasteiger partial charge in [-0.2, -0.15) is 0 Å². The first-order chi connectivity index (χ1) is 12.3. The van der Waals surface area contributed by atoms with Crippen molar-refractivity contribution in [1.82, 2.24) is 15.1 Å². The Kier molecular flexibility index (Phi) is 5.30. The van der Waals surface area contributed by atoms with E-state index in [-0.39, 0.29) is 29.7 Å². The molecule has 1 aromatic rings. The highest BCUT2D eigenvalue weighted by molar-refractivity contribution is 5.89. The third-order valence-corrected chi connectivity index (χ3v) is 5.04. The van der Waals surface area contributed by atoms with Crippen molar-refractivity contribution < 1.29 is 14.4 Å². The Morgan fingerprint density at radius 1 is 1.15 bits per heavy atom. The minimum atomic E-state index is -0.450. The number of nitrogens with one attached hydrogen (secondary N) is 1. The van der Waals surface area contributed by atoms with Crippen LogP contribution in [-0.4, -0.2) is 52.7 Å². The average molecular weight is 357 g/mol. The van der Waals surface area contributed by atoms with Gasteiger partial charge in [-0.1, -0.05) is 38.1 Å². The van der Waals surface area contributed by atoms with Crippen LogP contribution in [0.4, 0.5) is 0 Å². The zero-order valence-corrected chi connectivity index (χ0v) is 15.7. The lowest BCUT2D eigenvalue weighted by Gasteiger charge is -2.44. The van der Waals surface area contributed by atoms with Crippen molar-refractivity contribution in [2.75, 3.05) is 13.1 Å². The lowest BCUT2D eigenvalue weighted by Crippen LogP contribution is -2.65. The van der Waals surface area contributed by atoms with Crippen molar-refractivity contribution in [2.24, 2.45) is 5.92 Å². The Labute approximate surface area is 154 Å². The van der Waals surface area contributed by atoms with E-state index in [1.165, 1.54) is 6.92 Å². The van der Waals surface area contributed by atoms with E-state index in [1.54, 1.807) is 9.80 Å². The van der Waals surface area contributed by atoms with Crippen molar-refractivity contribution in [3.8, 4) is 0 Å². The van der Waals surface area contributed by atoms with Crippen LogP contribution in [0.1, 0.15) is 38.3 Å². The number of fused-ring (bicyclic) bond motifs is 1. The summed E-state index contributed by atoms with van der Waals surface area (Å²) in [5, 5.41) is 2.83. The van der Waals surface area contributed by atoms with E-state index in [0.29, 0.717) is 32.5 Å². The molecule has 3 rings (SSSR count). The molecule has 2 aliphatic heterocycles. The fourth-order valence-corrected chi connectivity index (χ4v) is 3.72. The fraction of sp³-hybridized carbons (Fsp3) is 0.550. The maximum absolute atomic E-state index is 13.0. The summed E-state index contributed by atoms with van der Waals surface area (Å²) < 4.78 is 0. The Morgan fingerprint density at radius 2 is 1.81 bits per heavy atom. The van der Waals surface area contributed by atoms with Gasteiger partial charge < -0.3 is 15.1 Å². The first-order valence-electron chi connectivity index (χ1n) is 9.27. The second-order valence-electron chi connectivity index (χ2n) is 7.75. The van der Waals surface area contributed by atoms with Crippen LogP contribution in [0.2, 0.25) is 0 Å². The monoisotopic (exact) mass is 357 g/mol. The zero-order chi connectivity index (χ0) is 18.8. The van der Waals surface area contributed by atoms with Gasteiger partial charge in [0.1, 0.15) is 6.04 Å². The second kappa shape index (κ2) is 7.48. The molecule has 1 saturated heterocycles. The maximum Gasteiger partial charge on any atom is 0.245 e. The molecule has 0 aliphatic carbocycles. The van der Waals surface area contributed by atoms with Gasteiger partial charge in [0.15, 0.2) is 0 Å². The number of nitrogens with zero attached hydrogens (tertiary/aromatic N) is 2. The molecule has 1 fully saturated rings. The van der Waals surface area contributed by atoms with Crippen molar-refractivity contribution in [3.63, 3.8) is 0 Å². The number of likely N-dealkylation sites (tertiary alicyclic amines) is 1. The number of carbonyl (C=O) groups excluding carboxylic acids is 3. The molecule has 6 nitrogen and oxygen atoms in total. The summed E-state index contributed by atoms with van der Waals surface area (Å²) in [6.07, 6.45) is 1.00. The number of rotatable bonds is 4. The minimum absolute atomic E-state index is 0.0155. The second-order valence-corrected chi connectivity index (χ2v) is 7.75. The van der Waals surface area contributed by atoms with Gasteiger partial charge in [0, 0.05) is 39.4 Å². The average Bonchev–Trinajstić information content (AvgIpc) is 2.55. The molecular weight excluding hydrogens is 330 g/mol. The first-order valence-corrected chi connectivity index (χ1v) is 9.27. The molecule has 26 heavy (non-hydrogen) atoms. The Balaban J connectivity index is 1.75. The molecule has 1 aromatic carbocycles. The Hall–Kier alpha value is -2.37. The van der Waals surface area contributed by atoms with Crippen molar-refractivity contribution >= 4 is 17.7 Å². The highest BCUT2D eigenvalue weighted by atomic mass is 16.2. The Bertz CT molecular complexity index is 710. The molecule has 2 aliphatic rings. The van der Waals surface area contributed by atoms with Gasteiger partial charge in [0.2, 0.25) is 17.7 Å². The van der Waals surface area contributed by atoms with Crippen molar-refractivity contribution in [2.45, 2.75) is 52.2 Å². The molecule has 1 atom stereocenters. The smallest absolute Gasteiger partial charge is 0.245 e. The van der Waals surface area contributed by atoms with Crippen LogP contribution in [0.15, 0.2) is 24.3 Å². The third-order valence-electron chi connectivity index (χ3n) is 5.04. The van der Waals surface area contributed by atoms with Gasteiger partial charge in [-0.3, -0.25) is 14.4 Å². The molecule has 1 N–H and O–H groups in total. The third kappa shape index (κ3) is 3.89. The van der Waals surface area contributed by atoms with Crippen LogP contribution in [0.3, 0.4) is 0 Å². The van der Waals surface area contributed by atoms with Gasteiger partial charge in [-0.25, -0.2) is 0 Å². The lowest BCUT2D eigenvalue weighted by molar-refractivity contribution is -0.151. The SMILES string of the molecule is CC(=O)NC1CN(C(=O)C2Cc3ccccc3CN2C(=O)CC(C)C)C1. The normalized spacial score (nSPS) is 19.8. The Morgan fingerprint density at radius 3 is 2.42 bits per heavy atom. The van der Waals surface area contributed by atoms with Gasteiger partial charge >= 0.3 is 0 Å². The van der Waals surface area contributed by atoms with Crippen LogP contribution < -0.4 is 5.32 Å². The van der Waals surface area contributed by atoms with E-state index in [1.807, 2.05) is 38.1 Å². The molecular formula is C20H27N3O3. The summed E-state index contributed by atoms with van der Waals surface area (Å²) in [5.41, 5.74) is 2.26. The number of hydrogen-bond acceptors (Lipinski definition) is 3.